The maximum absolute atomic E-state index is 12.2. The van der Waals surface area contributed by atoms with Crippen LogP contribution in [0.1, 0.15) is 26.7 Å². The molecular weight excluding hydrogens is 260 g/mol. The van der Waals surface area contributed by atoms with Crippen molar-refractivity contribution in [2.45, 2.75) is 32.7 Å². The third-order valence-corrected chi connectivity index (χ3v) is 3.85. The highest BCUT2D eigenvalue weighted by molar-refractivity contribution is 5.79. The van der Waals surface area contributed by atoms with E-state index in [9.17, 15) is 9.59 Å². The van der Waals surface area contributed by atoms with Gasteiger partial charge in [-0.25, -0.2) is 0 Å². The summed E-state index contributed by atoms with van der Waals surface area (Å²) < 4.78 is 5.06. The summed E-state index contributed by atoms with van der Waals surface area (Å²) in [4.78, 5) is 27.0. The molecule has 20 heavy (non-hydrogen) atoms. The number of hydrogen-bond donors (Lipinski definition) is 1. The van der Waals surface area contributed by atoms with Crippen LogP contribution in [0.25, 0.3) is 0 Å². The second kappa shape index (κ2) is 8.21. The minimum atomic E-state index is -0.749. The molecule has 0 spiro atoms. The average Bonchev–Trinajstić information content (AvgIpc) is 2.42. The first-order valence-corrected chi connectivity index (χ1v) is 7.19. The number of carboxylic acid groups (broad SMARTS) is 1. The predicted molar refractivity (Wildman–Crippen MR) is 75.5 cm³/mol. The lowest BCUT2D eigenvalue weighted by Gasteiger charge is -2.33. The summed E-state index contributed by atoms with van der Waals surface area (Å²) >= 11 is 0. The SMILES string of the molecule is COCCN(CC(=O)N1CCC(C(=O)O)CC1)C(C)C. The van der Waals surface area contributed by atoms with Gasteiger partial charge >= 0.3 is 5.97 Å². The van der Waals surface area contributed by atoms with Crippen molar-refractivity contribution in [2.75, 3.05) is 39.9 Å². The molecule has 0 aliphatic carbocycles. The highest BCUT2D eigenvalue weighted by atomic mass is 16.5. The number of amides is 1. The first kappa shape index (κ1) is 16.9. The fourth-order valence-electron chi connectivity index (χ4n) is 2.38. The molecule has 116 valence electrons. The van der Waals surface area contributed by atoms with Crippen molar-refractivity contribution in [1.29, 1.82) is 0 Å². The second-order valence-corrected chi connectivity index (χ2v) is 5.55. The Morgan fingerprint density at radius 1 is 1.35 bits per heavy atom. The summed E-state index contributed by atoms with van der Waals surface area (Å²) in [5, 5.41) is 8.95. The number of hydrogen-bond acceptors (Lipinski definition) is 4. The topological polar surface area (TPSA) is 70.1 Å². The number of carbonyl (C=O) groups is 2. The summed E-state index contributed by atoms with van der Waals surface area (Å²) in [7, 11) is 1.65. The van der Waals surface area contributed by atoms with Crippen LogP contribution in [-0.4, -0.2) is 72.7 Å². The molecule has 1 N–H and O–H groups in total. The Morgan fingerprint density at radius 2 is 1.95 bits per heavy atom. The predicted octanol–water partition coefficient (Wildman–Crippen LogP) is 0.666. The van der Waals surface area contributed by atoms with Gasteiger partial charge in [-0.1, -0.05) is 0 Å². The smallest absolute Gasteiger partial charge is 0.306 e. The number of aliphatic carboxylic acids is 1. The van der Waals surface area contributed by atoms with Gasteiger partial charge in [0.25, 0.3) is 0 Å². The quantitative estimate of drug-likeness (QED) is 0.745. The first-order valence-electron chi connectivity index (χ1n) is 7.19. The van der Waals surface area contributed by atoms with Crippen molar-refractivity contribution in [3.8, 4) is 0 Å². The third kappa shape index (κ3) is 5.09. The number of ether oxygens (including phenoxy) is 1. The molecule has 0 bridgehead atoms. The number of methoxy groups -OCH3 is 1. The number of likely N-dealkylation sites (tertiary alicyclic amines) is 1. The molecule has 1 fully saturated rings. The van der Waals surface area contributed by atoms with Crippen LogP contribution >= 0.6 is 0 Å². The molecule has 0 aromatic carbocycles. The van der Waals surface area contributed by atoms with Crippen LogP contribution in [0.3, 0.4) is 0 Å². The lowest BCUT2D eigenvalue weighted by atomic mass is 9.97. The van der Waals surface area contributed by atoms with E-state index in [1.807, 2.05) is 0 Å². The second-order valence-electron chi connectivity index (χ2n) is 5.55. The number of carbonyl (C=O) groups excluding carboxylic acids is 1. The molecule has 0 aromatic heterocycles. The van der Waals surface area contributed by atoms with Crippen molar-refractivity contribution < 1.29 is 19.4 Å². The molecular formula is C14H26N2O4. The highest BCUT2D eigenvalue weighted by Crippen LogP contribution is 2.17. The van der Waals surface area contributed by atoms with Crippen LogP contribution < -0.4 is 0 Å². The molecule has 6 heteroatoms. The Balaban J connectivity index is 2.43. The van der Waals surface area contributed by atoms with Gasteiger partial charge in [0, 0.05) is 32.8 Å². The minimum absolute atomic E-state index is 0.0821. The first-order chi connectivity index (χ1) is 9.45. The molecule has 1 amide bonds. The lowest BCUT2D eigenvalue weighted by molar-refractivity contribution is -0.146. The number of carboxylic acids is 1. The summed E-state index contributed by atoms with van der Waals surface area (Å²) in [5.74, 6) is -0.964. The summed E-state index contributed by atoms with van der Waals surface area (Å²) in [6.45, 7) is 6.91. The van der Waals surface area contributed by atoms with Gasteiger partial charge in [0.2, 0.25) is 5.91 Å². The van der Waals surface area contributed by atoms with E-state index in [2.05, 4.69) is 18.7 Å². The Kier molecular flexibility index (Phi) is 6.95. The largest absolute Gasteiger partial charge is 0.481 e. The van der Waals surface area contributed by atoms with Crippen LogP contribution in [0.2, 0.25) is 0 Å². The van der Waals surface area contributed by atoms with Gasteiger partial charge in [0.1, 0.15) is 0 Å². The molecule has 6 nitrogen and oxygen atoms in total. The normalized spacial score (nSPS) is 16.9. The Labute approximate surface area is 120 Å². The fraction of sp³-hybridized carbons (Fsp3) is 0.857. The van der Waals surface area contributed by atoms with Gasteiger partial charge < -0.3 is 14.7 Å². The van der Waals surface area contributed by atoms with Gasteiger partial charge in [-0.05, 0) is 26.7 Å². The van der Waals surface area contributed by atoms with Crippen molar-refractivity contribution in [3.63, 3.8) is 0 Å². The van der Waals surface area contributed by atoms with Crippen molar-refractivity contribution in [1.82, 2.24) is 9.80 Å². The number of piperidine rings is 1. The van der Waals surface area contributed by atoms with Crippen molar-refractivity contribution in [3.05, 3.63) is 0 Å². The molecule has 1 aliphatic heterocycles. The molecule has 0 saturated carbocycles. The van der Waals surface area contributed by atoms with Gasteiger partial charge in [0.05, 0.1) is 19.1 Å². The molecule has 0 aromatic rings. The zero-order valence-electron chi connectivity index (χ0n) is 12.7. The monoisotopic (exact) mass is 286 g/mol. The fourth-order valence-corrected chi connectivity index (χ4v) is 2.38. The van der Waals surface area contributed by atoms with Gasteiger partial charge in [-0.2, -0.15) is 0 Å². The van der Waals surface area contributed by atoms with E-state index in [1.54, 1.807) is 12.0 Å². The van der Waals surface area contributed by atoms with Gasteiger partial charge in [-0.15, -0.1) is 0 Å². The Morgan fingerprint density at radius 3 is 2.40 bits per heavy atom. The maximum Gasteiger partial charge on any atom is 0.306 e. The van der Waals surface area contributed by atoms with Crippen LogP contribution in [-0.2, 0) is 14.3 Å². The number of nitrogens with zero attached hydrogens (tertiary/aromatic N) is 2. The standard InChI is InChI=1S/C14H26N2O4/c1-11(2)16(8-9-20-3)10-13(17)15-6-4-12(5-7-15)14(18)19/h11-12H,4-10H2,1-3H3,(H,18,19). The van der Waals surface area contributed by atoms with E-state index in [4.69, 9.17) is 9.84 Å². The molecule has 1 saturated heterocycles. The summed E-state index contributed by atoms with van der Waals surface area (Å²) in [6.07, 6.45) is 1.11. The van der Waals surface area contributed by atoms with Crippen molar-refractivity contribution >= 4 is 11.9 Å². The summed E-state index contributed by atoms with van der Waals surface area (Å²) in [5.41, 5.74) is 0. The third-order valence-electron chi connectivity index (χ3n) is 3.85. The van der Waals surface area contributed by atoms with Crippen LogP contribution in [0.4, 0.5) is 0 Å². The van der Waals surface area contributed by atoms with E-state index in [-0.39, 0.29) is 17.9 Å². The van der Waals surface area contributed by atoms with Gasteiger partial charge in [0.15, 0.2) is 0 Å². The van der Waals surface area contributed by atoms with Crippen molar-refractivity contribution in [2.24, 2.45) is 5.92 Å². The van der Waals surface area contributed by atoms with E-state index in [0.29, 0.717) is 39.1 Å². The highest BCUT2D eigenvalue weighted by Gasteiger charge is 2.27. The van der Waals surface area contributed by atoms with E-state index >= 15 is 0 Å². The minimum Gasteiger partial charge on any atom is -0.481 e. The Hall–Kier alpha value is -1.14. The maximum atomic E-state index is 12.2. The molecule has 0 unspecified atom stereocenters. The molecule has 0 radical (unpaired) electrons. The molecule has 0 atom stereocenters. The molecule has 1 heterocycles. The molecule has 1 rings (SSSR count). The van der Waals surface area contributed by atoms with Crippen LogP contribution in [0.15, 0.2) is 0 Å². The van der Waals surface area contributed by atoms with E-state index < -0.39 is 5.97 Å². The van der Waals surface area contributed by atoms with Crippen LogP contribution in [0, 0.1) is 5.92 Å². The molecule has 1 aliphatic rings. The lowest BCUT2D eigenvalue weighted by Crippen LogP contribution is -2.47. The van der Waals surface area contributed by atoms with Gasteiger partial charge in [-0.3, -0.25) is 14.5 Å². The van der Waals surface area contributed by atoms with E-state index in [0.717, 1.165) is 6.54 Å². The Bertz CT molecular complexity index is 325. The zero-order valence-corrected chi connectivity index (χ0v) is 12.7. The van der Waals surface area contributed by atoms with E-state index in [1.165, 1.54) is 0 Å². The zero-order chi connectivity index (χ0) is 15.1. The number of rotatable bonds is 7. The summed E-state index contributed by atoms with van der Waals surface area (Å²) in [6, 6.07) is 0.283. The average molecular weight is 286 g/mol. The van der Waals surface area contributed by atoms with Crippen LogP contribution in [0.5, 0.6) is 0 Å².